The Bertz CT molecular complexity index is 286. The minimum Gasteiger partial charge on any atom is -0.298 e. The Morgan fingerprint density at radius 1 is 1.42 bits per heavy atom. The van der Waals surface area contributed by atoms with Crippen LogP contribution < -0.4 is 0 Å². The molecule has 0 amide bonds. The van der Waals surface area contributed by atoms with Crippen LogP contribution in [0.4, 0.5) is 4.39 Å². The number of carbonyl (C=O) groups excluding carboxylic acids is 1. The van der Waals surface area contributed by atoms with Crippen LogP contribution in [0.2, 0.25) is 0 Å². The van der Waals surface area contributed by atoms with Gasteiger partial charge in [0.1, 0.15) is 12.0 Å². The fourth-order valence-electron chi connectivity index (χ4n) is 0.982. The van der Waals surface area contributed by atoms with Crippen molar-refractivity contribution in [2.45, 2.75) is 19.5 Å². The Morgan fingerprint density at radius 3 is 2.58 bits per heavy atom. The summed E-state index contributed by atoms with van der Waals surface area (Å²) in [4.78, 5) is 10.4. The summed E-state index contributed by atoms with van der Waals surface area (Å²) in [7, 11) is 0. The fraction of sp³-hybridized carbons (Fsp3) is 0.300. The SMILES string of the molecule is CC(C)(F)c1cccc(C=O)c1. The van der Waals surface area contributed by atoms with E-state index >= 15 is 0 Å². The summed E-state index contributed by atoms with van der Waals surface area (Å²) >= 11 is 0. The molecule has 0 aromatic heterocycles. The van der Waals surface area contributed by atoms with Crippen molar-refractivity contribution in [3.63, 3.8) is 0 Å². The molecule has 0 N–H and O–H groups in total. The molecule has 0 atom stereocenters. The quantitative estimate of drug-likeness (QED) is 0.617. The summed E-state index contributed by atoms with van der Waals surface area (Å²) in [6, 6.07) is 6.57. The lowest BCUT2D eigenvalue weighted by molar-refractivity contribution is 0.112. The van der Waals surface area contributed by atoms with Crippen LogP contribution in [0.25, 0.3) is 0 Å². The molecule has 64 valence electrons. The van der Waals surface area contributed by atoms with E-state index in [1.54, 1.807) is 24.3 Å². The predicted octanol–water partition coefficient (Wildman–Crippen LogP) is 2.70. The number of carbonyl (C=O) groups is 1. The van der Waals surface area contributed by atoms with E-state index < -0.39 is 5.67 Å². The third-order valence-electron chi connectivity index (χ3n) is 1.71. The number of alkyl halides is 1. The predicted molar refractivity (Wildman–Crippen MR) is 46.0 cm³/mol. The highest BCUT2D eigenvalue weighted by Gasteiger charge is 2.18. The van der Waals surface area contributed by atoms with Crippen molar-refractivity contribution in [3.05, 3.63) is 35.4 Å². The van der Waals surface area contributed by atoms with Crippen LogP contribution in [-0.2, 0) is 5.67 Å². The Hall–Kier alpha value is -1.18. The number of hydrogen-bond donors (Lipinski definition) is 0. The first kappa shape index (κ1) is 8.91. The van der Waals surface area contributed by atoms with Crippen molar-refractivity contribution in [1.29, 1.82) is 0 Å². The van der Waals surface area contributed by atoms with Crippen molar-refractivity contribution in [1.82, 2.24) is 0 Å². The first-order valence-corrected chi connectivity index (χ1v) is 3.78. The molecule has 1 aromatic rings. The highest BCUT2D eigenvalue weighted by molar-refractivity contribution is 5.75. The molecule has 0 saturated carbocycles. The van der Waals surface area contributed by atoms with E-state index in [0.29, 0.717) is 11.1 Å². The largest absolute Gasteiger partial charge is 0.298 e. The van der Waals surface area contributed by atoms with Gasteiger partial charge in [-0.25, -0.2) is 4.39 Å². The van der Waals surface area contributed by atoms with Crippen LogP contribution in [0.15, 0.2) is 24.3 Å². The van der Waals surface area contributed by atoms with Crippen molar-refractivity contribution >= 4 is 6.29 Å². The number of halogens is 1. The van der Waals surface area contributed by atoms with Gasteiger partial charge in [0.15, 0.2) is 0 Å². The van der Waals surface area contributed by atoms with Gasteiger partial charge >= 0.3 is 0 Å². The molecule has 0 unspecified atom stereocenters. The van der Waals surface area contributed by atoms with Crippen LogP contribution in [0.1, 0.15) is 29.8 Å². The number of benzene rings is 1. The number of hydrogen-bond acceptors (Lipinski definition) is 1. The third-order valence-corrected chi connectivity index (χ3v) is 1.71. The van der Waals surface area contributed by atoms with Gasteiger partial charge < -0.3 is 0 Å². The first-order chi connectivity index (χ1) is 5.54. The molecule has 12 heavy (non-hydrogen) atoms. The molecule has 0 bridgehead atoms. The van der Waals surface area contributed by atoms with E-state index in [0.717, 1.165) is 6.29 Å². The van der Waals surface area contributed by atoms with Crippen molar-refractivity contribution in [2.24, 2.45) is 0 Å². The summed E-state index contributed by atoms with van der Waals surface area (Å²) in [5.74, 6) is 0. The number of aldehydes is 1. The van der Waals surface area contributed by atoms with E-state index in [1.165, 1.54) is 13.8 Å². The van der Waals surface area contributed by atoms with Gasteiger partial charge in [0.25, 0.3) is 0 Å². The van der Waals surface area contributed by atoms with Crippen LogP contribution in [0, 0.1) is 0 Å². The summed E-state index contributed by atoms with van der Waals surface area (Å²) in [5, 5.41) is 0. The Labute approximate surface area is 71.2 Å². The molecule has 0 saturated heterocycles. The maximum Gasteiger partial charge on any atom is 0.150 e. The van der Waals surface area contributed by atoms with Crippen LogP contribution in [-0.4, -0.2) is 6.29 Å². The molecule has 1 aromatic carbocycles. The number of rotatable bonds is 2. The molecule has 0 heterocycles. The van der Waals surface area contributed by atoms with Crippen molar-refractivity contribution in [2.75, 3.05) is 0 Å². The van der Waals surface area contributed by atoms with Crippen molar-refractivity contribution in [3.8, 4) is 0 Å². The summed E-state index contributed by atoms with van der Waals surface area (Å²) in [5.41, 5.74) is -0.329. The van der Waals surface area contributed by atoms with Gasteiger partial charge in [-0.2, -0.15) is 0 Å². The van der Waals surface area contributed by atoms with Gasteiger partial charge in [-0.15, -0.1) is 0 Å². The summed E-state index contributed by atoms with van der Waals surface area (Å²) in [6.07, 6.45) is 0.718. The highest BCUT2D eigenvalue weighted by atomic mass is 19.1. The fourth-order valence-corrected chi connectivity index (χ4v) is 0.982. The Balaban J connectivity index is 3.10. The molecule has 0 aliphatic rings. The van der Waals surface area contributed by atoms with E-state index in [4.69, 9.17) is 0 Å². The van der Waals surface area contributed by atoms with E-state index in [2.05, 4.69) is 0 Å². The molecule has 0 aliphatic carbocycles. The molecule has 2 heteroatoms. The molecule has 1 nitrogen and oxygen atoms in total. The topological polar surface area (TPSA) is 17.1 Å². The van der Waals surface area contributed by atoms with Crippen molar-refractivity contribution < 1.29 is 9.18 Å². The Kier molecular flexibility index (Phi) is 2.27. The molecular weight excluding hydrogens is 155 g/mol. The lowest BCUT2D eigenvalue weighted by atomic mass is 9.99. The Morgan fingerprint density at radius 2 is 2.08 bits per heavy atom. The van der Waals surface area contributed by atoms with E-state index in [1.807, 2.05) is 0 Å². The minimum absolute atomic E-state index is 0.512. The standard InChI is InChI=1S/C10H11FO/c1-10(2,11)9-5-3-4-8(6-9)7-12/h3-7H,1-2H3. The molecule has 0 aliphatic heterocycles. The first-order valence-electron chi connectivity index (χ1n) is 3.78. The average molecular weight is 166 g/mol. The van der Waals surface area contributed by atoms with E-state index in [-0.39, 0.29) is 0 Å². The second-order valence-corrected chi connectivity index (χ2v) is 3.22. The monoisotopic (exact) mass is 166 g/mol. The van der Waals surface area contributed by atoms with E-state index in [9.17, 15) is 9.18 Å². The second-order valence-electron chi connectivity index (χ2n) is 3.22. The van der Waals surface area contributed by atoms with Gasteiger partial charge in [-0.05, 0) is 25.5 Å². The van der Waals surface area contributed by atoms with Gasteiger partial charge in [0.05, 0.1) is 0 Å². The third kappa shape index (κ3) is 1.91. The highest BCUT2D eigenvalue weighted by Crippen LogP contribution is 2.24. The van der Waals surface area contributed by atoms with Gasteiger partial charge in [0.2, 0.25) is 0 Å². The zero-order valence-corrected chi connectivity index (χ0v) is 7.17. The van der Waals surface area contributed by atoms with Gasteiger partial charge in [-0.3, -0.25) is 4.79 Å². The normalized spacial score (nSPS) is 11.2. The van der Waals surface area contributed by atoms with Crippen LogP contribution in [0.3, 0.4) is 0 Å². The molecule has 0 radical (unpaired) electrons. The molecule has 1 rings (SSSR count). The molecule has 0 spiro atoms. The van der Waals surface area contributed by atoms with Gasteiger partial charge in [-0.1, -0.05) is 18.2 Å². The summed E-state index contributed by atoms with van der Waals surface area (Å²) in [6.45, 7) is 2.94. The zero-order chi connectivity index (χ0) is 9.19. The second kappa shape index (κ2) is 3.05. The maximum absolute atomic E-state index is 13.3. The maximum atomic E-state index is 13.3. The lowest BCUT2D eigenvalue weighted by Crippen LogP contribution is -2.08. The smallest absolute Gasteiger partial charge is 0.150 e. The zero-order valence-electron chi connectivity index (χ0n) is 7.17. The van der Waals surface area contributed by atoms with Crippen LogP contribution in [0.5, 0.6) is 0 Å². The minimum atomic E-state index is -1.38. The van der Waals surface area contributed by atoms with Gasteiger partial charge in [0, 0.05) is 5.56 Å². The molecule has 0 fully saturated rings. The lowest BCUT2D eigenvalue weighted by Gasteiger charge is -2.14. The van der Waals surface area contributed by atoms with Crippen LogP contribution >= 0.6 is 0 Å². The summed E-state index contributed by atoms with van der Waals surface area (Å²) < 4.78 is 13.3. The molecular formula is C10H11FO. The average Bonchev–Trinajstić information content (AvgIpc) is 2.03.